The lowest BCUT2D eigenvalue weighted by Crippen LogP contribution is -1.89. The van der Waals surface area contributed by atoms with Gasteiger partial charge in [0.2, 0.25) is 0 Å². The second-order valence-corrected chi connectivity index (χ2v) is 4.15. The lowest BCUT2D eigenvalue weighted by molar-refractivity contribution is 1.42. The zero-order chi connectivity index (χ0) is 11.0. The zero-order valence-electron chi connectivity index (χ0n) is 9.27. The second-order valence-electron chi connectivity index (χ2n) is 4.15. The topological polar surface area (TPSA) is 0 Å². The summed E-state index contributed by atoms with van der Waals surface area (Å²) in [7, 11) is 0. The summed E-state index contributed by atoms with van der Waals surface area (Å²) in [5, 5.41) is 0. The fraction of sp³-hybridized carbons (Fsp3) is 0.0625. The largest absolute Gasteiger partial charge is 0.0676 e. The van der Waals surface area contributed by atoms with E-state index in [0.29, 0.717) is 0 Å². The maximum atomic E-state index is 2.22. The summed E-state index contributed by atoms with van der Waals surface area (Å²) in [5.74, 6) is 0. The average molecular weight is 205 g/mol. The molecule has 0 N–H and O–H groups in total. The first-order chi connectivity index (χ1) is 7.86. The summed E-state index contributed by atoms with van der Waals surface area (Å²) in [6, 6.07) is 17.1. The van der Waals surface area contributed by atoms with Crippen molar-refractivity contribution in [3.63, 3.8) is 0 Å². The number of rotatable bonds is 1. The maximum Gasteiger partial charge on any atom is 0.0138 e. The molecule has 0 heterocycles. The molecule has 0 aliphatic heterocycles. The predicted molar refractivity (Wildman–Crippen MR) is 68.1 cm³/mol. The van der Waals surface area contributed by atoms with Crippen molar-refractivity contribution in [3.8, 4) is 0 Å². The van der Waals surface area contributed by atoms with Crippen LogP contribution >= 0.6 is 0 Å². The van der Waals surface area contributed by atoms with Gasteiger partial charge < -0.3 is 0 Å². The summed E-state index contributed by atoms with van der Waals surface area (Å²) in [4.78, 5) is 0. The van der Waals surface area contributed by atoms with E-state index in [-0.39, 0.29) is 0 Å². The fourth-order valence-electron chi connectivity index (χ4n) is 2.26. The zero-order valence-corrected chi connectivity index (χ0v) is 9.27. The van der Waals surface area contributed by atoms with Crippen molar-refractivity contribution in [2.75, 3.05) is 0 Å². The Morgan fingerprint density at radius 1 is 0.750 bits per heavy atom. The third-order valence-corrected chi connectivity index (χ3v) is 3.12. The van der Waals surface area contributed by atoms with Crippen LogP contribution in [-0.4, -0.2) is 0 Å². The summed E-state index contributed by atoms with van der Waals surface area (Å²) < 4.78 is 0. The number of allylic oxidation sites excluding steroid dienone is 1. The Kier molecular flexibility index (Phi) is 2.14. The Hall–Kier alpha value is -1.82. The van der Waals surface area contributed by atoms with Crippen LogP contribution in [0.4, 0.5) is 0 Å². The van der Waals surface area contributed by atoms with E-state index in [1.807, 2.05) is 0 Å². The molecule has 77 valence electrons. The molecule has 0 nitrogen and oxygen atoms in total. The molecule has 0 heteroatoms. The molecule has 1 radical (unpaired) electrons. The molecule has 16 heavy (non-hydrogen) atoms. The lowest BCUT2D eigenvalue weighted by atomic mass is 9.96. The molecule has 0 atom stereocenters. The minimum absolute atomic E-state index is 1.32. The van der Waals surface area contributed by atoms with Gasteiger partial charge in [-0.3, -0.25) is 0 Å². The van der Waals surface area contributed by atoms with Gasteiger partial charge in [0.1, 0.15) is 0 Å². The Morgan fingerprint density at radius 2 is 1.44 bits per heavy atom. The second kappa shape index (κ2) is 3.64. The number of benzene rings is 2. The molecule has 0 saturated heterocycles. The first-order valence-corrected chi connectivity index (χ1v) is 5.57. The van der Waals surface area contributed by atoms with Gasteiger partial charge in [-0.05, 0) is 34.8 Å². The molecular formula is C16H13. The van der Waals surface area contributed by atoms with Crippen molar-refractivity contribution in [2.24, 2.45) is 0 Å². The van der Waals surface area contributed by atoms with Crippen molar-refractivity contribution >= 4 is 5.57 Å². The van der Waals surface area contributed by atoms with E-state index in [4.69, 9.17) is 0 Å². The Morgan fingerprint density at radius 3 is 2.25 bits per heavy atom. The summed E-state index contributed by atoms with van der Waals surface area (Å²) in [6.07, 6.45) is 4.41. The molecule has 0 bridgehead atoms. The van der Waals surface area contributed by atoms with E-state index in [1.54, 1.807) is 0 Å². The number of aryl methyl sites for hydroxylation is 1. The highest BCUT2D eigenvalue weighted by molar-refractivity contribution is 5.88. The van der Waals surface area contributed by atoms with Crippen LogP contribution in [0.2, 0.25) is 0 Å². The molecule has 0 unspecified atom stereocenters. The van der Waals surface area contributed by atoms with Crippen molar-refractivity contribution < 1.29 is 0 Å². The molecular weight excluding hydrogens is 192 g/mol. The minimum atomic E-state index is 1.32. The lowest BCUT2D eigenvalue weighted by Gasteiger charge is -2.08. The van der Waals surface area contributed by atoms with Crippen LogP contribution in [0.5, 0.6) is 0 Å². The van der Waals surface area contributed by atoms with Crippen molar-refractivity contribution in [3.05, 3.63) is 83.3 Å². The van der Waals surface area contributed by atoms with E-state index in [0.717, 1.165) is 0 Å². The van der Waals surface area contributed by atoms with Gasteiger partial charge in [0.25, 0.3) is 0 Å². The SMILES string of the molecule is Cc1ccccc1C1=C[CH]c2ccccc21. The molecule has 1 aliphatic rings. The van der Waals surface area contributed by atoms with E-state index in [1.165, 1.54) is 27.8 Å². The standard InChI is InChI=1S/C16H13/c1-12-6-2-4-8-14(12)16-11-10-13-7-3-5-9-15(13)16/h2-11H,1H3. The molecule has 0 aromatic heterocycles. The third kappa shape index (κ3) is 1.38. The van der Waals surface area contributed by atoms with Crippen LogP contribution in [0.25, 0.3) is 5.57 Å². The van der Waals surface area contributed by atoms with E-state index in [9.17, 15) is 0 Å². The smallest absolute Gasteiger partial charge is 0.0138 e. The summed E-state index contributed by atoms with van der Waals surface area (Å²) in [6.45, 7) is 2.16. The first-order valence-electron chi connectivity index (χ1n) is 5.57. The molecule has 2 aromatic rings. The molecule has 0 fully saturated rings. The molecule has 0 saturated carbocycles. The highest BCUT2D eigenvalue weighted by atomic mass is 14.2. The van der Waals surface area contributed by atoms with Crippen molar-refractivity contribution in [1.29, 1.82) is 0 Å². The van der Waals surface area contributed by atoms with Crippen LogP contribution in [0.3, 0.4) is 0 Å². The highest BCUT2D eigenvalue weighted by Crippen LogP contribution is 2.34. The Labute approximate surface area is 96.3 Å². The van der Waals surface area contributed by atoms with Gasteiger partial charge in [-0.1, -0.05) is 54.6 Å². The van der Waals surface area contributed by atoms with Crippen LogP contribution in [0, 0.1) is 13.3 Å². The number of hydrogen-bond donors (Lipinski definition) is 0. The van der Waals surface area contributed by atoms with Crippen molar-refractivity contribution in [1.82, 2.24) is 0 Å². The molecule has 0 amide bonds. The normalized spacial score (nSPS) is 13.4. The highest BCUT2D eigenvalue weighted by Gasteiger charge is 2.15. The van der Waals surface area contributed by atoms with Gasteiger partial charge in [0.15, 0.2) is 0 Å². The maximum absolute atomic E-state index is 2.22. The Bertz CT molecular complexity index is 562. The van der Waals surface area contributed by atoms with Crippen LogP contribution in [-0.2, 0) is 0 Å². The van der Waals surface area contributed by atoms with Crippen molar-refractivity contribution in [2.45, 2.75) is 6.92 Å². The summed E-state index contributed by atoms with van der Waals surface area (Å²) >= 11 is 0. The third-order valence-electron chi connectivity index (χ3n) is 3.12. The van der Waals surface area contributed by atoms with Crippen LogP contribution < -0.4 is 0 Å². The van der Waals surface area contributed by atoms with Gasteiger partial charge in [0, 0.05) is 6.42 Å². The molecule has 1 aliphatic carbocycles. The molecule has 0 spiro atoms. The molecule has 2 aromatic carbocycles. The number of fused-ring (bicyclic) bond motifs is 1. The summed E-state index contributed by atoms with van der Waals surface area (Å²) in [5.41, 5.74) is 6.67. The van der Waals surface area contributed by atoms with E-state index in [2.05, 4.69) is 68.0 Å². The van der Waals surface area contributed by atoms with Crippen LogP contribution in [0.15, 0.2) is 54.6 Å². The Balaban J connectivity index is 2.15. The monoisotopic (exact) mass is 205 g/mol. The van der Waals surface area contributed by atoms with E-state index < -0.39 is 0 Å². The van der Waals surface area contributed by atoms with Gasteiger partial charge in [-0.15, -0.1) is 0 Å². The number of hydrogen-bond acceptors (Lipinski definition) is 0. The van der Waals surface area contributed by atoms with E-state index >= 15 is 0 Å². The van der Waals surface area contributed by atoms with Gasteiger partial charge in [0.05, 0.1) is 0 Å². The predicted octanol–water partition coefficient (Wildman–Crippen LogP) is 3.99. The van der Waals surface area contributed by atoms with Gasteiger partial charge in [-0.2, -0.15) is 0 Å². The van der Waals surface area contributed by atoms with Crippen LogP contribution in [0.1, 0.15) is 22.3 Å². The fourth-order valence-corrected chi connectivity index (χ4v) is 2.26. The van der Waals surface area contributed by atoms with Gasteiger partial charge >= 0.3 is 0 Å². The molecule has 3 rings (SSSR count). The minimum Gasteiger partial charge on any atom is -0.0676 e. The quantitative estimate of drug-likeness (QED) is 0.660. The van der Waals surface area contributed by atoms with Gasteiger partial charge in [-0.25, -0.2) is 0 Å². The first kappa shape index (κ1) is 9.41. The average Bonchev–Trinajstić information content (AvgIpc) is 2.74.